The van der Waals surface area contributed by atoms with Crippen molar-refractivity contribution in [3.8, 4) is 0 Å². The van der Waals surface area contributed by atoms with Crippen LogP contribution in [0.25, 0.3) is 0 Å². The van der Waals surface area contributed by atoms with E-state index in [0.29, 0.717) is 5.69 Å². The lowest BCUT2D eigenvalue weighted by atomic mass is 10.1. The average molecular weight is 415 g/mol. The number of nitrogens with zero attached hydrogens (tertiary/aromatic N) is 1. The first-order valence-corrected chi connectivity index (χ1v) is 8.29. The van der Waals surface area contributed by atoms with Crippen LogP contribution in [-0.2, 0) is 0 Å². The first kappa shape index (κ1) is 16.2. The van der Waals surface area contributed by atoms with Crippen LogP contribution in [0.1, 0.15) is 54.5 Å². The van der Waals surface area contributed by atoms with Gasteiger partial charge in [-0.25, -0.2) is 0 Å². The topological polar surface area (TPSA) is 57.8 Å². The van der Waals surface area contributed by atoms with Gasteiger partial charge in [0.05, 0.1) is 16.2 Å². The van der Waals surface area contributed by atoms with Gasteiger partial charge in [0.1, 0.15) is 0 Å². The Morgan fingerprint density at radius 1 is 1.24 bits per heavy atom. The number of benzene rings is 1. The summed E-state index contributed by atoms with van der Waals surface area (Å²) in [6.07, 6.45) is 0. The molecule has 2 aromatic rings. The van der Waals surface area contributed by atoms with Crippen LogP contribution in [0.3, 0.4) is 0 Å². The summed E-state index contributed by atoms with van der Waals surface area (Å²) in [4.78, 5) is 12.4. The van der Waals surface area contributed by atoms with E-state index in [0.717, 1.165) is 20.2 Å². The van der Waals surface area contributed by atoms with Crippen molar-refractivity contribution in [2.45, 2.75) is 32.7 Å². The molecule has 1 aromatic carbocycles. The summed E-state index contributed by atoms with van der Waals surface area (Å²) in [5.41, 5.74) is 2.34. The predicted molar refractivity (Wildman–Crippen MR) is 90.4 cm³/mol. The van der Waals surface area contributed by atoms with Gasteiger partial charge >= 0.3 is 0 Å². The molecular formula is C15H17Br2N3O. The molecule has 1 aromatic heterocycles. The summed E-state index contributed by atoms with van der Waals surface area (Å²) in [7, 11) is 0. The summed E-state index contributed by atoms with van der Waals surface area (Å²) < 4.78 is 1.70. The molecule has 0 aliphatic heterocycles. The maximum Gasteiger partial charge on any atom is 0.273 e. The highest BCUT2D eigenvalue weighted by Crippen LogP contribution is 2.27. The number of amides is 1. The van der Waals surface area contributed by atoms with Gasteiger partial charge in [-0.1, -0.05) is 48.0 Å². The van der Waals surface area contributed by atoms with Crippen molar-refractivity contribution in [1.82, 2.24) is 15.5 Å². The van der Waals surface area contributed by atoms with Crippen LogP contribution in [0.15, 0.2) is 33.2 Å². The Balaban J connectivity index is 2.17. The Morgan fingerprint density at radius 3 is 2.48 bits per heavy atom. The van der Waals surface area contributed by atoms with E-state index in [4.69, 9.17) is 0 Å². The SMILES string of the molecule is CC(C)c1[nH]nc(C(=O)NC(C)c2ccccc2Br)c1Br. The predicted octanol–water partition coefficient (Wildman–Crippen LogP) is 4.55. The minimum absolute atomic E-state index is 0.112. The molecule has 0 aliphatic carbocycles. The number of aromatic amines is 1. The van der Waals surface area contributed by atoms with Crippen LogP contribution in [-0.4, -0.2) is 16.1 Å². The number of carbonyl (C=O) groups is 1. The lowest BCUT2D eigenvalue weighted by Crippen LogP contribution is -2.27. The normalized spacial score (nSPS) is 12.5. The van der Waals surface area contributed by atoms with Crippen LogP contribution in [0.5, 0.6) is 0 Å². The fourth-order valence-electron chi connectivity index (χ4n) is 2.04. The monoisotopic (exact) mass is 413 g/mol. The van der Waals surface area contributed by atoms with Gasteiger partial charge in [-0.15, -0.1) is 0 Å². The number of hydrogen-bond donors (Lipinski definition) is 2. The van der Waals surface area contributed by atoms with Gasteiger partial charge in [0.25, 0.3) is 5.91 Å². The number of halogens is 2. The van der Waals surface area contributed by atoms with Crippen molar-refractivity contribution in [2.24, 2.45) is 0 Å². The number of hydrogen-bond acceptors (Lipinski definition) is 2. The van der Waals surface area contributed by atoms with Crippen LogP contribution in [0.4, 0.5) is 0 Å². The van der Waals surface area contributed by atoms with Gasteiger partial charge in [-0.05, 0) is 40.4 Å². The lowest BCUT2D eigenvalue weighted by molar-refractivity contribution is 0.0934. The smallest absolute Gasteiger partial charge is 0.273 e. The van der Waals surface area contributed by atoms with Crippen molar-refractivity contribution < 1.29 is 4.79 Å². The highest BCUT2D eigenvalue weighted by atomic mass is 79.9. The molecule has 0 radical (unpaired) electrons. The molecule has 1 amide bonds. The molecule has 4 nitrogen and oxygen atoms in total. The molecule has 112 valence electrons. The van der Waals surface area contributed by atoms with Crippen molar-refractivity contribution in [1.29, 1.82) is 0 Å². The average Bonchev–Trinajstić information content (AvgIpc) is 2.81. The van der Waals surface area contributed by atoms with Crippen LogP contribution >= 0.6 is 31.9 Å². The van der Waals surface area contributed by atoms with E-state index in [-0.39, 0.29) is 17.9 Å². The number of aromatic nitrogens is 2. The zero-order valence-corrected chi connectivity index (χ0v) is 15.2. The molecule has 2 N–H and O–H groups in total. The van der Waals surface area contributed by atoms with E-state index < -0.39 is 0 Å². The van der Waals surface area contributed by atoms with Gasteiger partial charge in [0.15, 0.2) is 5.69 Å². The fourth-order valence-corrected chi connectivity index (χ4v) is 3.49. The highest BCUT2D eigenvalue weighted by molar-refractivity contribution is 9.10. The van der Waals surface area contributed by atoms with E-state index >= 15 is 0 Å². The first-order chi connectivity index (χ1) is 9.91. The largest absolute Gasteiger partial charge is 0.344 e. The molecule has 2 rings (SSSR count). The van der Waals surface area contributed by atoms with Crippen molar-refractivity contribution in [2.75, 3.05) is 0 Å². The molecule has 0 bridgehead atoms. The maximum atomic E-state index is 12.4. The Labute approximate surface area is 141 Å². The summed E-state index contributed by atoms with van der Waals surface area (Å²) in [5, 5.41) is 9.99. The molecule has 0 aliphatic rings. The second-order valence-corrected chi connectivity index (χ2v) is 6.82. The van der Waals surface area contributed by atoms with Crippen molar-refractivity contribution in [3.63, 3.8) is 0 Å². The Hall–Kier alpha value is -1.14. The van der Waals surface area contributed by atoms with Crippen LogP contribution in [0.2, 0.25) is 0 Å². The second kappa shape index (κ2) is 6.75. The van der Waals surface area contributed by atoms with Crippen LogP contribution < -0.4 is 5.32 Å². The zero-order valence-electron chi connectivity index (χ0n) is 12.1. The molecule has 1 heterocycles. The Bertz CT molecular complexity index is 652. The van der Waals surface area contributed by atoms with Gasteiger partial charge in [0.2, 0.25) is 0 Å². The van der Waals surface area contributed by atoms with Gasteiger partial charge < -0.3 is 5.32 Å². The molecule has 0 fully saturated rings. The maximum absolute atomic E-state index is 12.4. The summed E-state index contributed by atoms with van der Waals surface area (Å²) in [6, 6.07) is 7.72. The van der Waals surface area contributed by atoms with E-state index in [1.165, 1.54) is 0 Å². The summed E-state index contributed by atoms with van der Waals surface area (Å²) >= 11 is 6.95. The zero-order chi connectivity index (χ0) is 15.6. The van der Waals surface area contributed by atoms with Crippen LogP contribution in [0, 0.1) is 0 Å². The van der Waals surface area contributed by atoms with Crippen molar-refractivity contribution in [3.05, 3.63) is 50.2 Å². The number of carbonyl (C=O) groups excluding carboxylic acids is 1. The quantitative estimate of drug-likeness (QED) is 0.770. The first-order valence-electron chi connectivity index (χ1n) is 6.70. The number of rotatable bonds is 4. The number of H-pyrrole nitrogens is 1. The molecule has 1 atom stereocenters. The molecule has 0 spiro atoms. The third-order valence-electron chi connectivity index (χ3n) is 3.24. The van der Waals surface area contributed by atoms with E-state index in [1.807, 2.05) is 45.0 Å². The van der Waals surface area contributed by atoms with E-state index in [9.17, 15) is 4.79 Å². The minimum Gasteiger partial charge on any atom is -0.344 e. The fraction of sp³-hybridized carbons (Fsp3) is 0.333. The van der Waals surface area contributed by atoms with E-state index in [2.05, 4.69) is 47.4 Å². The molecular weight excluding hydrogens is 398 g/mol. The minimum atomic E-state index is -0.201. The molecule has 1 unspecified atom stereocenters. The van der Waals surface area contributed by atoms with E-state index in [1.54, 1.807) is 0 Å². The highest BCUT2D eigenvalue weighted by Gasteiger charge is 2.21. The van der Waals surface area contributed by atoms with Gasteiger partial charge in [-0.2, -0.15) is 5.10 Å². The van der Waals surface area contributed by atoms with Gasteiger partial charge in [0, 0.05) is 4.47 Å². The Kier molecular flexibility index (Phi) is 5.22. The standard InChI is InChI=1S/C15H17Br2N3O/c1-8(2)13-12(17)14(20-19-13)15(21)18-9(3)10-6-4-5-7-11(10)16/h4-9H,1-3H3,(H,18,21)(H,19,20). The summed E-state index contributed by atoms with van der Waals surface area (Å²) in [5.74, 6) is 0.0717. The second-order valence-electron chi connectivity index (χ2n) is 5.17. The molecule has 6 heteroatoms. The lowest BCUT2D eigenvalue weighted by Gasteiger charge is -2.15. The third-order valence-corrected chi connectivity index (χ3v) is 4.77. The molecule has 21 heavy (non-hydrogen) atoms. The van der Waals surface area contributed by atoms with Crippen molar-refractivity contribution >= 4 is 37.8 Å². The molecule has 0 saturated heterocycles. The molecule has 0 saturated carbocycles. The Morgan fingerprint density at radius 2 is 1.90 bits per heavy atom. The third kappa shape index (κ3) is 3.55. The summed E-state index contributed by atoms with van der Waals surface area (Å²) in [6.45, 7) is 6.04. The van der Waals surface area contributed by atoms with Gasteiger partial charge in [-0.3, -0.25) is 9.89 Å². The number of nitrogens with one attached hydrogen (secondary N) is 2.